The highest BCUT2D eigenvalue weighted by molar-refractivity contribution is 5.79. The van der Waals surface area contributed by atoms with Crippen LogP contribution in [0.5, 0.6) is 0 Å². The second kappa shape index (κ2) is 10.7. The van der Waals surface area contributed by atoms with E-state index in [0.29, 0.717) is 51.1 Å². The lowest BCUT2D eigenvalue weighted by atomic mass is 9.95. The number of nitro benzene ring substituents is 1. The third kappa shape index (κ3) is 6.80. The van der Waals surface area contributed by atoms with Crippen LogP contribution >= 0.6 is 0 Å². The van der Waals surface area contributed by atoms with E-state index in [1.807, 2.05) is 0 Å². The van der Waals surface area contributed by atoms with Crippen molar-refractivity contribution >= 4 is 17.3 Å². The number of carbonyl (C=O) groups excluding carboxylic acids is 1. The van der Waals surface area contributed by atoms with Crippen LogP contribution in [0.25, 0.3) is 0 Å². The molecule has 1 atom stereocenters. The smallest absolute Gasteiger partial charge is 0.374 e. The second-order valence-corrected chi connectivity index (χ2v) is 9.11. The van der Waals surface area contributed by atoms with Gasteiger partial charge in [-0.25, -0.2) is 0 Å². The fourth-order valence-electron chi connectivity index (χ4n) is 4.44. The predicted molar refractivity (Wildman–Crippen MR) is 117 cm³/mol. The summed E-state index contributed by atoms with van der Waals surface area (Å²) in [4.78, 5) is 27.2. The molecule has 2 aliphatic heterocycles. The fraction of sp³-hybridized carbons (Fsp3) is 0.682. The summed E-state index contributed by atoms with van der Waals surface area (Å²) in [5, 5.41) is 14.3. The maximum absolute atomic E-state index is 12.9. The van der Waals surface area contributed by atoms with Crippen molar-refractivity contribution in [3.05, 3.63) is 33.9 Å². The lowest BCUT2D eigenvalue weighted by molar-refractivity contribution is -0.384. The number of anilines is 1. The number of amides is 1. The molecule has 1 unspecified atom stereocenters. The predicted octanol–water partition coefficient (Wildman–Crippen LogP) is 3.30. The number of nitrogens with one attached hydrogen (secondary N) is 1. The van der Waals surface area contributed by atoms with Crippen molar-refractivity contribution in [2.75, 3.05) is 50.8 Å². The molecule has 0 aliphatic carbocycles. The number of nitro groups is 1. The molecule has 1 N–H and O–H groups in total. The van der Waals surface area contributed by atoms with E-state index in [2.05, 4.69) is 24.1 Å². The average Bonchev–Trinajstić information content (AvgIpc) is 2.76. The number of rotatable bonds is 7. The molecule has 0 saturated carbocycles. The quantitative estimate of drug-likeness (QED) is 0.484. The number of morpholine rings is 1. The molecule has 1 aromatic rings. The molecule has 3 rings (SSSR count). The summed E-state index contributed by atoms with van der Waals surface area (Å²) in [6.07, 6.45) is -3.77. The number of hydrogen-bond acceptors (Lipinski definition) is 6. The Morgan fingerprint density at radius 1 is 1.27 bits per heavy atom. The highest BCUT2D eigenvalue weighted by atomic mass is 19.4. The van der Waals surface area contributed by atoms with Crippen LogP contribution in [-0.4, -0.2) is 67.7 Å². The highest BCUT2D eigenvalue weighted by Gasteiger charge is 2.35. The Morgan fingerprint density at radius 2 is 1.97 bits per heavy atom. The first kappa shape index (κ1) is 25.2. The molecule has 33 heavy (non-hydrogen) atoms. The van der Waals surface area contributed by atoms with Gasteiger partial charge in [-0.3, -0.25) is 19.8 Å². The lowest BCUT2D eigenvalue weighted by Crippen LogP contribution is -2.49. The third-order valence-corrected chi connectivity index (χ3v) is 6.06. The van der Waals surface area contributed by atoms with Crippen LogP contribution in [0.2, 0.25) is 0 Å². The van der Waals surface area contributed by atoms with Crippen molar-refractivity contribution in [1.29, 1.82) is 0 Å². The zero-order valence-electron chi connectivity index (χ0n) is 18.9. The van der Waals surface area contributed by atoms with Crippen molar-refractivity contribution < 1.29 is 27.6 Å². The van der Waals surface area contributed by atoms with Crippen molar-refractivity contribution in [3.63, 3.8) is 0 Å². The van der Waals surface area contributed by atoms with E-state index < -0.39 is 22.4 Å². The zero-order valence-corrected chi connectivity index (χ0v) is 18.9. The van der Waals surface area contributed by atoms with Crippen molar-refractivity contribution in [3.8, 4) is 0 Å². The van der Waals surface area contributed by atoms with Crippen LogP contribution in [0.4, 0.5) is 24.5 Å². The number of alkyl halides is 3. The largest absolute Gasteiger partial charge is 0.416 e. The fourth-order valence-corrected chi connectivity index (χ4v) is 4.44. The van der Waals surface area contributed by atoms with Gasteiger partial charge in [0.05, 0.1) is 23.2 Å². The molecule has 2 fully saturated rings. The van der Waals surface area contributed by atoms with E-state index in [1.165, 1.54) is 0 Å². The third-order valence-electron chi connectivity index (χ3n) is 6.06. The molecule has 184 valence electrons. The zero-order chi connectivity index (χ0) is 24.2. The number of carbonyl (C=O) groups is 1. The Bertz CT molecular complexity index is 841. The van der Waals surface area contributed by atoms with Crippen LogP contribution < -0.4 is 10.2 Å². The lowest BCUT2D eigenvalue weighted by Gasteiger charge is -2.35. The summed E-state index contributed by atoms with van der Waals surface area (Å²) < 4.78 is 44.6. The van der Waals surface area contributed by atoms with Gasteiger partial charge in [-0.05, 0) is 30.9 Å². The van der Waals surface area contributed by atoms with Gasteiger partial charge in [0, 0.05) is 51.3 Å². The molecule has 1 amide bonds. The highest BCUT2D eigenvalue weighted by Crippen LogP contribution is 2.37. The van der Waals surface area contributed by atoms with Crippen LogP contribution in [-0.2, 0) is 15.7 Å². The Labute approximate surface area is 191 Å². The van der Waals surface area contributed by atoms with Crippen LogP contribution in [0.3, 0.4) is 0 Å². The van der Waals surface area contributed by atoms with Gasteiger partial charge in [0.1, 0.15) is 5.69 Å². The Balaban J connectivity index is 1.52. The van der Waals surface area contributed by atoms with Crippen LogP contribution in [0.15, 0.2) is 18.2 Å². The topological polar surface area (TPSA) is 88.0 Å². The van der Waals surface area contributed by atoms with Crippen LogP contribution in [0.1, 0.15) is 32.3 Å². The van der Waals surface area contributed by atoms with E-state index in [1.54, 1.807) is 4.90 Å². The first-order valence-electron chi connectivity index (χ1n) is 11.3. The van der Waals surface area contributed by atoms with Gasteiger partial charge in [-0.2, -0.15) is 13.2 Å². The molecule has 2 aliphatic rings. The monoisotopic (exact) mass is 472 g/mol. The molecule has 0 aromatic heterocycles. The van der Waals surface area contributed by atoms with Gasteiger partial charge < -0.3 is 15.0 Å². The standard InChI is InChI=1S/C22H31F3N4O4/c1-15(2)13-27-9-10-33-18(14-27)12-26-21(30)16-5-7-28(8-6-16)19-4-3-17(22(23,24)25)11-20(19)29(31)32/h3-4,11,15-16,18H,5-10,12-14H2,1-2H3,(H,26,30). The number of ether oxygens (including phenoxy) is 1. The number of benzene rings is 1. The molecule has 0 bridgehead atoms. The molecule has 1 aromatic carbocycles. The summed E-state index contributed by atoms with van der Waals surface area (Å²) >= 11 is 0. The van der Waals surface area contributed by atoms with E-state index in [-0.39, 0.29) is 23.6 Å². The van der Waals surface area contributed by atoms with Gasteiger partial charge in [-0.1, -0.05) is 13.8 Å². The van der Waals surface area contributed by atoms with Crippen molar-refractivity contribution in [1.82, 2.24) is 10.2 Å². The number of nitrogens with zero attached hydrogens (tertiary/aromatic N) is 3. The first-order valence-corrected chi connectivity index (χ1v) is 11.3. The number of halogens is 3. The van der Waals surface area contributed by atoms with Crippen LogP contribution in [0, 0.1) is 22.0 Å². The Kier molecular flexibility index (Phi) is 8.17. The van der Waals surface area contributed by atoms with E-state index >= 15 is 0 Å². The SMILES string of the molecule is CC(C)CN1CCOC(CNC(=O)C2CCN(c3ccc(C(F)(F)F)cc3[N+](=O)[O-])CC2)C1. The second-order valence-electron chi connectivity index (χ2n) is 9.11. The molecule has 2 saturated heterocycles. The van der Waals surface area contributed by atoms with E-state index in [9.17, 15) is 28.1 Å². The maximum atomic E-state index is 12.9. The van der Waals surface area contributed by atoms with Crippen molar-refractivity contribution in [2.24, 2.45) is 11.8 Å². The number of piperidine rings is 1. The molecule has 2 heterocycles. The van der Waals surface area contributed by atoms with Gasteiger partial charge in [0.15, 0.2) is 0 Å². The molecule has 11 heteroatoms. The maximum Gasteiger partial charge on any atom is 0.416 e. The van der Waals surface area contributed by atoms with Gasteiger partial charge in [0.25, 0.3) is 5.69 Å². The van der Waals surface area contributed by atoms with Crippen molar-refractivity contribution in [2.45, 2.75) is 39.0 Å². The summed E-state index contributed by atoms with van der Waals surface area (Å²) in [6.45, 7) is 8.75. The average molecular weight is 473 g/mol. The van der Waals surface area contributed by atoms with Gasteiger partial charge in [0.2, 0.25) is 5.91 Å². The minimum Gasteiger partial charge on any atom is -0.374 e. The molecule has 0 spiro atoms. The first-order chi connectivity index (χ1) is 15.5. The minimum absolute atomic E-state index is 0.0589. The summed E-state index contributed by atoms with van der Waals surface area (Å²) in [6, 6.07) is 2.57. The van der Waals surface area contributed by atoms with Gasteiger partial charge in [-0.15, -0.1) is 0 Å². The Hall–Kier alpha value is -2.40. The summed E-state index contributed by atoms with van der Waals surface area (Å²) in [5.41, 5.74) is -1.48. The van der Waals surface area contributed by atoms with E-state index in [0.717, 1.165) is 31.8 Å². The minimum atomic E-state index is -4.65. The van der Waals surface area contributed by atoms with Gasteiger partial charge >= 0.3 is 6.18 Å². The van der Waals surface area contributed by atoms with E-state index in [4.69, 9.17) is 4.74 Å². The molecular formula is C22H31F3N4O4. The summed E-state index contributed by atoms with van der Waals surface area (Å²) in [5.74, 6) is 0.232. The number of hydrogen-bond donors (Lipinski definition) is 1. The normalized spacial score (nSPS) is 20.8. The Morgan fingerprint density at radius 3 is 2.58 bits per heavy atom. The molecular weight excluding hydrogens is 441 g/mol. The molecule has 8 nitrogen and oxygen atoms in total. The summed E-state index contributed by atoms with van der Waals surface area (Å²) in [7, 11) is 0. The molecule has 0 radical (unpaired) electrons.